The quantitative estimate of drug-likeness (QED) is 0.711. The van der Waals surface area contributed by atoms with Gasteiger partial charge in [0.15, 0.2) is 0 Å². The second-order valence-corrected chi connectivity index (χ2v) is 4.70. The molecule has 1 unspecified atom stereocenters. The van der Waals surface area contributed by atoms with Gasteiger partial charge < -0.3 is 15.5 Å². The van der Waals surface area contributed by atoms with Crippen LogP contribution in [0.4, 0.5) is 0 Å². The first-order chi connectivity index (χ1) is 9.51. The standard InChI is InChI=1S/C15H21NO4/c1-3-10(4-2)13(17)9-16-14(18)11-7-5-6-8-12(11)15(19)20/h5-8,10,13,17H,3-4,9H2,1-2H3,(H,16,18)(H,19,20). The van der Waals surface area contributed by atoms with Crippen LogP contribution in [0.5, 0.6) is 0 Å². The van der Waals surface area contributed by atoms with Crippen LogP contribution in [0.15, 0.2) is 24.3 Å². The maximum absolute atomic E-state index is 12.0. The highest BCUT2D eigenvalue weighted by Crippen LogP contribution is 2.13. The minimum absolute atomic E-state index is 0.0398. The number of carbonyl (C=O) groups excluding carboxylic acids is 1. The van der Waals surface area contributed by atoms with Crippen molar-refractivity contribution in [2.45, 2.75) is 32.8 Å². The van der Waals surface area contributed by atoms with Crippen molar-refractivity contribution in [1.29, 1.82) is 0 Å². The molecule has 0 aliphatic carbocycles. The van der Waals surface area contributed by atoms with E-state index in [2.05, 4.69) is 5.32 Å². The molecule has 0 heterocycles. The van der Waals surface area contributed by atoms with Crippen LogP contribution in [-0.2, 0) is 0 Å². The van der Waals surface area contributed by atoms with Gasteiger partial charge in [-0.25, -0.2) is 4.79 Å². The summed E-state index contributed by atoms with van der Waals surface area (Å²) in [6.07, 6.45) is 1.05. The van der Waals surface area contributed by atoms with Crippen LogP contribution in [0.3, 0.4) is 0 Å². The van der Waals surface area contributed by atoms with Gasteiger partial charge in [-0.05, 0) is 18.1 Å². The molecule has 0 bridgehead atoms. The summed E-state index contributed by atoms with van der Waals surface area (Å²) in [6.45, 7) is 4.09. The van der Waals surface area contributed by atoms with Gasteiger partial charge in [0.05, 0.1) is 17.2 Å². The summed E-state index contributed by atoms with van der Waals surface area (Å²) >= 11 is 0. The minimum Gasteiger partial charge on any atom is -0.478 e. The van der Waals surface area contributed by atoms with E-state index in [1.54, 1.807) is 12.1 Å². The van der Waals surface area contributed by atoms with E-state index in [-0.39, 0.29) is 23.6 Å². The van der Waals surface area contributed by atoms with Crippen molar-refractivity contribution in [2.24, 2.45) is 5.92 Å². The molecule has 110 valence electrons. The molecular weight excluding hydrogens is 258 g/mol. The SMILES string of the molecule is CCC(CC)C(O)CNC(=O)c1ccccc1C(=O)O. The smallest absolute Gasteiger partial charge is 0.336 e. The minimum atomic E-state index is -1.14. The van der Waals surface area contributed by atoms with Gasteiger partial charge in [0.2, 0.25) is 0 Å². The van der Waals surface area contributed by atoms with Crippen molar-refractivity contribution < 1.29 is 19.8 Å². The lowest BCUT2D eigenvalue weighted by Gasteiger charge is -2.20. The third-order valence-electron chi connectivity index (χ3n) is 3.47. The Morgan fingerprint density at radius 2 is 1.70 bits per heavy atom. The van der Waals surface area contributed by atoms with Crippen molar-refractivity contribution in [3.8, 4) is 0 Å². The van der Waals surface area contributed by atoms with Crippen molar-refractivity contribution in [3.05, 3.63) is 35.4 Å². The Bertz CT molecular complexity index is 469. The molecule has 5 nitrogen and oxygen atoms in total. The number of carbonyl (C=O) groups is 2. The van der Waals surface area contributed by atoms with Crippen LogP contribution in [-0.4, -0.2) is 34.7 Å². The molecule has 0 saturated carbocycles. The molecule has 1 aromatic rings. The van der Waals surface area contributed by atoms with Crippen molar-refractivity contribution in [1.82, 2.24) is 5.32 Å². The van der Waals surface area contributed by atoms with Crippen LogP contribution < -0.4 is 5.32 Å². The predicted molar refractivity (Wildman–Crippen MR) is 75.8 cm³/mol. The first kappa shape index (κ1) is 16.2. The fourth-order valence-electron chi connectivity index (χ4n) is 2.16. The third kappa shape index (κ3) is 4.06. The number of hydrogen-bond donors (Lipinski definition) is 3. The topological polar surface area (TPSA) is 86.6 Å². The van der Waals surface area contributed by atoms with Gasteiger partial charge in [-0.15, -0.1) is 0 Å². The molecule has 0 saturated heterocycles. The lowest BCUT2D eigenvalue weighted by Crippen LogP contribution is -2.36. The Balaban J connectivity index is 2.71. The maximum Gasteiger partial charge on any atom is 0.336 e. The summed E-state index contributed by atoms with van der Waals surface area (Å²) in [4.78, 5) is 23.0. The fourth-order valence-corrected chi connectivity index (χ4v) is 2.16. The second-order valence-electron chi connectivity index (χ2n) is 4.70. The van der Waals surface area contributed by atoms with Crippen LogP contribution in [0, 0.1) is 5.92 Å². The maximum atomic E-state index is 12.0. The number of rotatable bonds is 7. The Hall–Kier alpha value is -1.88. The molecule has 1 rings (SSSR count). The van der Waals surface area contributed by atoms with E-state index in [0.29, 0.717) is 0 Å². The summed E-state index contributed by atoms with van der Waals surface area (Å²) in [7, 11) is 0. The van der Waals surface area contributed by atoms with E-state index in [1.807, 2.05) is 13.8 Å². The average molecular weight is 279 g/mol. The Labute approximate surface area is 118 Å². The van der Waals surface area contributed by atoms with Crippen LogP contribution in [0.25, 0.3) is 0 Å². The summed E-state index contributed by atoms with van der Waals surface area (Å²) in [5, 5.41) is 21.6. The van der Waals surface area contributed by atoms with E-state index in [4.69, 9.17) is 5.11 Å². The highest BCUT2D eigenvalue weighted by atomic mass is 16.4. The van der Waals surface area contributed by atoms with Gasteiger partial charge in [-0.2, -0.15) is 0 Å². The molecule has 3 N–H and O–H groups in total. The van der Waals surface area contributed by atoms with E-state index >= 15 is 0 Å². The van der Waals surface area contributed by atoms with Crippen LogP contribution >= 0.6 is 0 Å². The Morgan fingerprint density at radius 3 is 2.20 bits per heavy atom. The highest BCUT2D eigenvalue weighted by molar-refractivity contribution is 6.04. The van der Waals surface area contributed by atoms with Crippen LogP contribution in [0.1, 0.15) is 47.4 Å². The molecule has 0 aliphatic rings. The number of aliphatic hydroxyl groups excluding tert-OH is 1. The van der Waals surface area contributed by atoms with Crippen LogP contribution in [0.2, 0.25) is 0 Å². The zero-order chi connectivity index (χ0) is 15.1. The van der Waals surface area contributed by atoms with Crippen molar-refractivity contribution >= 4 is 11.9 Å². The van der Waals surface area contributed by atoms with Gasteiger partial charge in [0.1, 0.15) is 0 Å². The van der Waals surface area contributed by atoms with E-state index < -0.39 is 18.0 Å². The third-order valence-corrected chi connectivity index (χ3v) is 3.47. The number of hydrogen-bond acceptors (Lipinski definition) is 3. The predicted octanol–water partition coefficient (Wildman–Crippen LogP) is 1.91. The Kier molecular flexibility index (Phi) is 6.18. The number of aromatic carboxylic acids is 1. The highest BCUT2D eigenvalue weighted by Gasteiger charge is 2.19. The number of nitrogens with one attached hydrogen (secondary N) is 1. The molecular formula is C15H21NO4. The Morgan fingerprint density at radius 1 is 1.15 bits per heavy atom. The summed E-state index contributed by atoms with van der Waals surface area (Å²) < 4.78 is 0. The van der Waals surface area contributed by atoms with E-state index in [0.717, 1.165) is 12.8 Å². The van der Waals surface area contributed by atoms with Gasteiger partial charge >= 0.3 is 5.97 Å². The number of carboxylic acids is 1. The van der Waals surface area contributed by atoms with Crippen molar-refractivity contribution in [3.63, 3.8) is 0 Å². The van der Waals surface area contributed by atoms with Gasteiger partial charge in [0, 0.05) is 6.54 Å². The zero-order valence-corrected chi connectivity index (χ0v) is 11.8. The second kappa shape index (κ2) is 7.65. The van der Waals surface area contributed by atoms with Crippen molar-refractivity contribution in [2.75, 3.05) is 6.54 Å². The molecule has 0 aromatic heterocycles. The largest absolute Gasteiger partial charge is 0.478 e. The molecule has 1 atom stereocenters. The zero-order valence-electron chi connectivity index (χ0n) is 11.8. The van der Waals surface area contributed by atoms with Gasteiger partial charge in [-0.1, -0.05) is 38.8 Å². The summed E-state index contributed by atoms with van der Waals surface area (Å²) in [6, 6.07) is 6.02. The first-order valence-corrected chi connectivity index (χ1v) is 6.79. The van der Waals surface area contributed by atoms with Gasteiger partial charge in [0.25, 0.3) is 5.91 Å². The number of carboxylic acid groups (broad SMARTS) is 1. The molecule has 0 aliphatic heterocycles. The first-order valence-electron chi connectivity index (χ1n) is 6.79. The monoisotopic (exact) mass is 279 g/mol. The normalized spacial score (nSPS) is 12.2. The van der Waals surface area contributed by atoms with E-state index in [9.17, 15) is 14.7 Å². The molecule has 5 heteroatoms. The molecule has 0 spiro atoms. The van der Waals surface area contributed by atoms with Gasteiger partial charge in [-0.3, -0.25) is 4.79 Å². The lowest BCUT2D eigenvalue weighted by atomic mass is 9.96. The number of aliphatic hydroxyl groups is 1. The number of benzene rings is 1. The fraction of sp³-hybridized carbons (Fsp3) is 0.467. The molecule has 0 fully saturated rings. The molecule has 1 amide bonds. The summed E-state index contributed by atoms with van der Waals surface area (Å²) in [5.74, 6) is -1.49. The molecule has 0 radical (unpaired) electrons. The van der Waals surface area contributed by atoms with E-state index in [1.165, 1.54) is 12.1 Å². The number of amides is 1. The lowest BCUT2D eigenvalue weighted by molar-refractivity contribution is 0.0688. The average Bonchev–Trinajstić information content (AvgIpc) is 2.46. The summed E-state index contributed by atoms with van der Waals surface area (Å²) in [5.41, 5.74) is 0.0683. The molecule has 1 aromatic carbocycles. The molecule has 20 heavy (non-hydrogen) atoms.